The monoisotopic (exact) mass is 392 g/mol. The van der Waals surface area contributed by atoms with E-state index in [2.05, 4.69) is 35.6 Å². The predicted octanol–water partition coefficient (Wildman–Crippen LogP) is 5.79. The minimum absolute atomic E-state index is 0.208. The van der Waals surface area contributed by atoms with Crippen molar-refractivity contribution < 1.29 is 29.1 Å². The summed E-state index contributed by atoms with van der Waals surface area (Å²) in [6, 6.07) is 7.13. The molecule has 6 nitrogen and oxygen atoms in total. The maximum absolute atomic E-state index is 11.9. The molecule has 1 aromatic rings. The van der Waals surface area contributed by atoms with Crippen molar-refractivity contribution in [2.75, 3.05) is 0 Å². The second-order valence-electron chi connectivity index (χ2n) is 7.70. The summed E-state index contributed by atoms with van der Waals surface area (Å²) in [5.74, 6) is 0.00856. The van der Waals surface area contributed by atoms with Gasteiger partial charge in [-0.2, -0.15) is 0 Å². The molecule has 0 N–H and O–H groups in total. The number of rotatable bonds is 9. The Balaban J connectivity index is 1.68. The van der Waals surface area contributed by atoms with E-state index >= 15 is 0 Å². The molecule has 0 aromatic heterocycles. The molecule has 0 radical (unpaired) electrons. The summed E-state index contributed by atoms with van der Waals surface area (Å²) in [4.78, 5) is 32.6. The van der Waals surface area contributed by atoms with Crippen molar-refractivity contribution in [3.63, 3.8) is 0 Å². The highest BCUT2D eigenvalue weighted by molar-refractivity contribution is 5.88. The van der Waals surface area contributed by atoms with E-state index in [1.165, 1.54) is 24.8 Å². The number of aryl methyl sites for hydroxylation is 1. The first kappa shape index (κ1) is 22.2. The molecule has 0 spiro atoms. The van der Waals surface area contributed by atoms with Gasteiger partial charge in [0.2, 0.25) is 0 Å². The first-order chi connectivity index (χ1) is 13.5. The Kier molecular flexibility index (Phi) is 9.28. The minimum Gasteiger partial charge on any atom is -0.429 e. The molecule has 0 bridgehead atoms. The van der Waals surface area contributed by atoms with Gasteiger partial charge in [-0.3, -0.25) is 4.89 Å². The third kappa shape index (κ3) is 7.15. The van der Waals surface area contributed by atoms with Crippen LogP contribution in [0.4, 0.5) is 4.79 Å². The third-order valence-corrected chi connectivity index (χ3v) is 5.60. The van der Waals surface area contributed by atoms with Gasteiger partial charge in [-0.05, 0) is 55.2 Å². The summed E-state index contributed by atoms with van der Waals surface area (Å²) < 4.78 is 5.25. The molecule has 1 aromatic carbocycles. The van der Waals surface area contributed by atoms with Gasteiger partial charge in [-0.15, -0.1) is 0 Å². The minimum atomic E-state index is -0.999. The van der Waals surface area contributed by atoms with Gasteiger partial charge in [0.25, 0.3) is 0 Å². The Morgan fingerprint density at radius 2 is 1.75 bits per heavy atom. The zero-order valence-electron chi connectivity index (χ0n) is 17.1. The fourth-order valence-electron chi connectivity index (χ4n) is 3.53. The van der Waals surface area contributed by atoms with E-state index in [1.54, 1.807) is 12.1 Å². The molecule has 1 aliphatic carbocycles. The van der Waals surface area contributed by atoms with Crippen molar-refractivity contribution >= 4 is 12.1 Å². The summed E-state index contributed by atoms with van der Waals surface area (Å²) in [5.41, 5.74) is 1.49. The average molecular weight is 392 g/mol. The van der Waals surface area contributed by atoms with Crippen LogP contribution in [0.15, 0.2) is 24.3 Å². The maximum Gasteiger partial charge on any atom is 0.543 e. The maximum atomic E-state index is 11.9. The van der Waals surface area contributed by atoms with E-state index in [0.29, 0.717) is 11.5 Å². The number of carbonyl (C=O) groups is 2. The summed E-state index contributed by atoms with van der Waals surface area (Å²) in [6.45, 7) is 6.37. The highest BCUT2D eigenvalue weighted by atomic mass is 17.5. The SMILES string of the molecule is CCCCCCc1ccc(C(=O)OOOC(=O)OC2CCCC(C)C2C)cc1. The van der Waals surface area contributed by atoms with Crippen molar-refractivity contribution in [1.29, 1.82) is 0 Å². The van der Waals surface area contributed by atoms with E-state index in [1.807, 2.05) is 12.1 Å². The molecule has 156 valence electrons. The van der Waals surface area contributed by atoms with Crippen molar-refractivity contribution in [2.24, 2.45) is 11.8 Å². The van der Waals surface area contributed by atoms with Crippen LogP contribution in [-0.4, -0.2) is 18.2 Å². The van der Waals surface area contributed by atoms with Gasteiger partial charge in [-0.25, -0.2) is 14.5 Å². The molecule has 3 unspecified atom stereocenters. The van der Waals surface area contributed by atoms with Crippen LogP contribution in [0.1, 0.15) is 81.6 Å². The van der Waals surface area contributed by atoms with Crippen molar-refractivity contribution in [3.05, 3.63) is 35.4 Å². The lowest BCUT2D eigenvalue weighted by molar-refractivity contribution is -0.453. The highest BCUT2D eigenvalue weighted by Crippen LogP contribution is 2.31. The zero-order valence-corrected chi connectivity index (χ0v) is 17.1. The fourth-order valence-corrected chi connectivity index (χ4v) is 3.53. The molecule has 1 fully saturated rings. The first-order valence-electron chi connectivity index (χ1n) is 10.4. The molecular weight excluding hydrogens is 360 g/mol. The van der Waals surface area contributed by atoms with Gasteiger partial charge in [0.15, 0.2) is 0 Å². The lowest BCUT2D eigenvalue weighted by Crippen LogP contribution is -2.33. The van der Waals surface area contributed by atoms with Gasteiger partial charge >= 0.3 is 12.1 Å². The van der Waals surface area contributed by atoms with Crippen molar-refractivity contribution in [2.45, 2.75) is 78.2 Å². The van der Waals surface area contributed by atoms with Gasteiger partial charge in [0.1, 0.15) is 6.10 Å². The average Bonchev–Trinajstić information content (AvgIpc) is 2.69. The number of hydrogen-bond acceptors (Lipinski definition) is 6. The van der Waals surface area contributed by atoms with Crippen LogP contribution in [0, 0.1) is 11.8 Å². The Hall–Kier alpha value is -2.08. The summed E-state index contributed by atoms with van der Waals surface area (Å²) in [5, 5.41) is 4.31. The van der Waals surface area contributed by atoms with Crippen LogP contribution in [-0.2, 0) is 26.0 Å². The van der Waals surface area contributed by atoms with E-state index < -0.39 is 12.1 Å². The van der Waals surface area contributed by atoms with Gasteiger partial charge in [0, 0.05) is 0 Å². The normalized spacial score (nSPS) is 21.8. The van der Waals surface area contributed by atoms with E-state index in [9.17, 15) is 9.59 Å². The molecule has 2 rings (SSSR count). The van der Waals surface area contributed by atoms with Crippen LogP contribution in [0.3, 0.4) is 0 Å². The van der Waals surface area contributed by atoms with Crippen LogP contribution >= 0.6 is 0 Å². The summed E-state index contributed by atoms with van der Waals surface area (Å²) in [6.07, 6.45) is 7.50. The highest BCUT2D eigenvalue weighted by Gasteiger charge is 2.30. The molecule has 0 heterocycles. The second-order valence-corrected chi connectivity index (χ2v) is 7.70. The topological polar surface area (TPSA) is 71.1 Å². The van der Waals surface area contributed by atoms with Crippen LogP contribution in [0.2, 0.25) is 0 Å². The van der Waals surface area contributed by atoms with Crippen LogP contribution in [0.5, 0.6) is 0 Å². The molecule has 3 atom stereocenters. The number of ether oxygens (including phenoxy) is 1. The number of unbranched alkanes of at least 4 members (excludes halogenated alkanes) is 3. The molecule has 0 aliphatic heterocycles. The van der Waals surface area contributed by atoms with Crippen LogP contribution in [0.25, 0.3) is 0 Å². The van der Waals surface area contributed by atoms with E-state index in [-0.39, 0.29) is 12.0 Å². The van der Waals surface area contributed by atoms with Crippen molar-refractivity contribution in [1.82, 2.24) is 0 Å². The van der Waals surface area contributed by atoms with Gasteiger partial charge in [0.05, 0.1) is 10.6 Å². The molecule has 0 saturated heterocycles. The molecule has 0 amide bonds. The summed E-state index contributed by atoms with van der Waals surface area (Å²) in [7, 11) is 0. The van der Waals surface area contributed by atoms with Gasteiger partial charge in [-0.1, -0.05) is 58.6 Å². The molecule has 28 heavy (non-hydrogen) atoms. The largest absolute Gasteiger partial charge is 0.543 e. The number of benzene rings is 1. The quantitative estimate of drug-likeness (QED) is 0.229. The predicted molar refractivity (Wildman–Crippen MR) is 104 cm³/mol. The smallest absolute Gasteiger partial charge is 0.429 e. The second kappa shape index (κ2) is 11.7. The van der Waals surface area contributed by atoms with E-state index in [0.717, 1.165) is 32.1 Å². The van der Waals surface area contributed by atoms with Crippen LogP contribution < -0.4 is 0 Å². The standard InChI is InChI=1S/C22H32O6/c1-4-5-6-7-10-18-12-14-19(15-13-18)21(23)26-28-27-22(24)25-20-11-8-9-16(2)17(20)3/h12-17,20H,4-11H2,1-3H3. The molecule has 1 aliphatic rings. The Bertz CT molecular complexity index is 612. The molecular formula is C22H32O6. The molecule has 6 heteroatoms. The Morgan fingerprint density at radius 3 is 2.46 bits per heavy atom. The third-order valence-electron chi connectivity index (χ3n) is 5.60. The molecule has 1 saturated carbocycles. The lowest BCUT2D eigenvalue weighted by Gasteiger charge is -2.32. The Labute approximate surface area is 167 Å². The lowest BCUT2D eigenvalue weighted by atomic mass is 9.79. The van der Waals surface area contributed by atoms with Gasteiger partial charge < -0.3 is 4.74 Å². The first-order valence-corrected chi connectivity index (χ1v) is 10.4. The zero-order chi connectivity index (χ0) is 20.4. The fraction of sp³-hybridized carbons (Fsp3) is 0.636. The Morgan fingerprint density at radius 1 is 1.00 bits per heavy atom. The summed E-state index contributed by atoms with van der Waals surface area (Å²) >= 11 is 0. The van der Waals surface area contributed by atoms with Crippen molar-refractivity contribution in [3.8, 4) is 0 Å². The van der Waals surface area contributed by atoms with E-state index in [4.69, 9.17) is 4.74 Å². The number of carbonyl (C=O) groups excluding carboxylic acids is 2. The number of hydrogen-bond donors (Lipinski definition) is 0.